The van der Waals surface area contributed by atoms with Gasteiger partial charge in [-0.15, -0.1) is 0 Å². The third kappa shape index (κ3) is 5.20. The van der Waals surface area contributed by atoms with Gasteiger partial charge in [0.25, 0.3) is 11.1 Å². The van der Waals surface area contributed by atoms with Gasteiger partial charge in [0.05, 0.1) is 4.91 Å². The second-order valence-corrected chi connectivity index (χ2v) is 11.6. The molecule has 1 N–H and O–H groups in total. The van der Waals surface area contributed by atoms with E-state index in [4.69, 9.17) is 0 Å². The molecule has 2 aliphatic rings. The van der Waals surface area contributed by atoms with Crippen molar-refractivity contribution in [2.45, 2.75) is 71.6 Å². The number of aryl methyl sites for hydroxylation is 1. The Morgan fingerprint density at radius 3 is 2.19 bits per heavy atom. The van der Waals surface area contributed by atoms with Crippen LogP contribution in [-0.4, -0.2) is 30.1 Å². The van der Waals surface area contributed by atoms with Gasteiger partial charge in [-0.2, -0.15) is 0 Å². The van der Waals surface area contributed by atoms with Crippen LogP contribution in [0.1, 0.15) is 69.7 Å². The van der Waals surface area contributed by atoms with Crippen molar-refractivity contribution in [2.24, 2.45) is 0 Å². The SMILES string of the molecule is CC(/C=C1\SC(=O)NC1=O)=C\C=C(/Cc1cc2c(cc1C)C(C)(C)CCC2(C)C)N(C)C. The number of likely N-dealkylation sites (N-methyl/N-ethyl adjacent to an activating group) is 1. The Labute approximate surface area is 197 Å². The minimum Gasteiger partial charge on any atom is -0.381 e. The van der Waals surface area contributed by atoms with Gasteiger partial charge in [0.1, 0.15) is 0 Å². The number of amides is 2. The maximum absolute atomic E-state index is 11.8. The molecule has 1 fully saturated rings. The number of carbonyl (C=O) groups is 2. The molecule has 0 spiro atoms. The van der Waals surface area contributed by atoms with Gasteiger partial charge in [-0.25, -0.2) is 0 Å². The van der Waals surface area contributed by atoms with E-state index in [1.165, 1.54) is 40.8 Å². The number of benzene rings is 1. The Morgan fingerprint density at radius 1 is 1.06 bits per heavy atom. The van der Waals surface area contributed by atoms with Crippen LogP contribution in [0.2, 0.25) is 0 Å². The summed E-state index contributed by atoms with van der Waals surface area (Å²) in [4.78, 5) is 25.8. The van der Waals surface area contributed by atoms with Crippen molar-refractivity contribution < 1.29 is 9.59 Å². The smallest absolute Gasteiger partial charge is 0.290 e. The molecule has 0 bridgehead atoms. The molecule has 172 valence electrons. The number of carbonyl (C=O) groups excluding carboxylic acids is 2. The number of imide groups is 1. The molecule has 1 saturated heterocycles. The molecule has 4 nitrogen and oxygen atoms in total. The third-order valence-corrected chi connectivity index (χ3v) is 7.61. The normalized spacial score (nSPS) is 21.6. The molecular weight excluding hydrogens is 416 g/mol. The van der Waals surface area contributed by atoms with Crippen LogP contribution in [-0.2, 0) is 22.0 Å². The first-order chi connectivity index (χ1) is 14.8. The molecule has 1 heterocycles. The van der Waals surface area contributed by atoms with Gasteiger partial charge < -0.3 is 4.90 Å². The zero-order chi connectivity index (χ0) is 23.8. The number of fused-ring (bicyclic) bond motifs is 1. The van der Waals surface area contributed by atoms with Gasteiger partial charge in [0, 0.05) is 26.2 Å². The summed E-state index contributed by atoms with van der Waals surface area (Å²) in [5, 5.41) is 1.98. The minimum atomic E-state index is -0.320. The Kier molecular flexibility index (Phi) is 6.80. The van der Waals surface area contributed by atoms with Crippen molar-refractivity contribution in [3.8, 4) is 0 Å². The second-order valence-electron chi connectivity index (χ2n) is 10.6. The van der Waals surface area contributed by atoms with E-state index in [0.29, 0.717) is 4.91 Å². The monoisotopic (exact) mass is 452 g/mol. The molecule has 0 radical (unpaired) electrons. The zero-order valence-electron chi connectivity index (χ0n) is 20.7. The first-order valence-electron chi connectivity index (χ1n) is 11.2. The van der Waals surface area contributed by atoms with Crippen LogP contribution in [0.3, 0.4) is 0 Å². The van der Waals surface area contributed by atoms with Crippen LogP contribution in [0.25, 0.3) is 0 Å². The van der Waals surface area contributed by atoms with Gasteiger partial charge in [-0.1, -0.05) is 45.9 Å². The van der Waals surface area contributed by atoms with Crippen molar-refractivity contribution in [1.82, 2.24) is 10.2 Å². The Hall–Kier alpha value is -2.27. The molecule has 1 aromatic rings. The maximum atomic E-state index is 11.8. The van der Waals surface area contributed by atoms with Gasteiger partial charge in [0.15, 0.2) is 0 Å². The van der Waals surface area contributed by atoms with Crippen molar-refractivity contribution >= 4 is 22.9 Å². The summed E-state index contributed by atoms with van der Waals surface area (Å²) >= 11 is 0.949. The summed E-state index contributed by atoms with van der Waals surface area (Å²) in [7, 11) is 4.13. The summed E-state index contributed by atoms with van der Waals surface area (Å²) in [6.45, 7) is 13.6. The second kappa shape index (κ2) is 8.93. The Morgan fingerprint density at radius 2 is 1.66 bits per heavy atom. The van der Waals surface area contributed by atoms with Gasteiger partial charge in [-0.05, 0) is 89.3 Å². The van der Waals surface area contributed by atoms with Crippen LogP contribution in [0.5, 0.6) is 0 Å². The molecule has 0 saturated carbocycles. The standard InChI is InChI=1S/C27H36N2O2S/c1-17(13-23-24(30)28-25(31)32-23)9-10-20(29(7)8)15-19-16-22-21(14-18(19)2)26(3,4)11-12-27(22,5)6/h9-10,13-14,16H,11-12,15H2,1-8H3,(H,28,30,31)/b17-9+,20-10+,23-13-. The fraction of sp³-hybridized carbons (Fsp3) is 0.481. The predicted molar refractivity (Wildman–Crippen MR) is 135 cm³/mol. The molecule has 32 heavy (non-hydrogen) atoms. The maximum Gasteiger partial charge on any atom is 0.290 e. The van der Waals surface area contributed by atoms with Crippen LogP contribution < -0.4 is 5.32 Å². The van der Waals surface area contributed by atoms with E-state index in [-0.39, 0.29) is 22.0 Å². The molecule has 3 rings (SSSR count). The Bertz CT molecular complexity index is 1040. The molecule has 1 aromatic carbocycles. The summed E-state index contributed by atoms with van der Waals surface area (Å²) in [5.74, 6) is -0.320. The number of nitrogens with zero attached hydrogens (tertiary/aromatic N) is 1. The average Bonchev–Trinajstić information content (AvgIpc) is 2.99. The number of thioether (sulfide) groups is 1. The van der Waals surface area contributed by atoms with E-state index in [9.17, 15) is 9.59 Å². The molecule has 5 heteroatoms. The minimum absolute atomic E-state index is 0.189. The fourth-order valence-corrected chi connectivity index (χ4v) is 5.15. The van der Waals surface area contributed by atoms with E-state index >= 15 is 0 Å². The predicted octanol–water partition coefficient (Wildman–Crippen LogP) is 6.15. The molecule has 1 aliphatic heterocycles. The average molecular weight is 453 g/mol. The Balaban J connectivity index is 1.92. The van der Waals surface area contributed by atoms with Gasteiger partial charge in [-0.3, -0.25) is 14.9 Å². The van der Waals surface area contributed by atoms with Crippen LogP contribution >= 0.6 is 11.8 Å². The summed E-state index contributed by atoms with van der Waals surface area (Å²) in [6.07, 6.45) is 9.16. The lowest BCUT2D eigenvalue weighted by atomic mass is 9.62. The summed E-state index contributed by atoms with van der Waals surface area (Å²) < 4.78 is 0. The van der Waals surface area contributed by atoms with Gasteiger partial charge in [0.2, 0.25) is 0 Å². The van der Waals surface area contributed by atoms with E-state index in [1.807, 2.05) is 13.0 Å². The highest BCUT2D eigenvalue weighted by Crippen LogP contribution is 2.46. The highest BCUT2D eigenvalue weighted by molar-refractivity contribution is 8.18. The lowest BCUT2D eigenvalue weighted by Gasteiger charge is -2.42. The highest BCUT2D eigenvalue weighted by atomic mass is 32.2. The van der Waals surface area contributed by atoms with Crippen molar-refractivity contribution in [3.05, 3.63) is 68.8 Å². The van der Waals surface area contributed by atoms with Crippen LogP contribution in [0, 0.1) is 6.92 Å². The number of hydrogen-bond acceptors (Lipinski definition) is 4. The number of rotatable bonds is 5. The van der Waals surface area contributed by atoms with Crippen molar-refractivity contribution in [1.29, 1.82) is 0 Å². The molecular formula is C27H36N2O2S. The van der Waals surface area contributed by atoms with E-state index < -0.39 is 0 Å². The number of hydrogen-bond donors (Lipinski definition) is 1. The molecule has 2 amide bonds. The van der Waals surface area contributed by atoms with Gasteiger partial charge >= 0.3 is 0 Å². The highest BCUT2D eigenvalue weighted by Gasteiger charge is 2.37. The molecule has 0 aromatic heterocycles. The number of nitrogens with one attached hydrogen (secondary N) is 1. The van der Waals surface area contributed by atoms with Crippen LogP contribution in [0.4, 0.5) is 4.79 Å². The molecule has 1 aliphatic carbocycles. The lowest BCUT2D eigenvalue weighted by Crippen LogP contribution is -2.34. The number of allylic oxidation sites excluding steroid dienone is 5. The van der Waals surface area contributed by atoms with E-state index in [2.05, 4.69) is 77.1 Å². The largest absolute Gasteiger partial charge is 0.381 e. The summed E-state index contributed by atoms with van der Waals surface area (Å²) in [5.41, 5.74) is 8.20. The first-order valence-corrected chi connectivity index (χ1v) is 12.1. The van der Waals surface area contributed by atoms with E-state index in [1.54, 1.807) is 6.08 Å². The quantitative estimate of drug-likeness (QED) is 0.430. The fourth-order valence-electron chi connectivity index (χ4n) is 4.42. The van der Waals surface area contributed by atoms with Crippen LogP contribution in [0.15, 0.2) is 46.5 Å². The molecule has 0 atom stereocenters. The van der Waals surface area contributed by atoms with Crippen molar-refractivity contribution in [3.63, 3.8) is 0 Å². The molecule has 0 unspecified atom stereocenters. The lowest BCUT2D eigenvalue weighted by molar-refractivity contribution is -0.115. The zero-order valence-corrected chi connectivity index (χ0v) is 21.5. The van der Waals surface area contributed by atoms with Crippen molar-refractivity contribution in [2.75, 3.05) is 14.1 Å². The van der Waals surface area contributed by atoms with E-state index in [0.717, 1.165) is 23.8 Å². The first kappa shape index (κ1) is 24.4. The topological polar surface area (TPSA) is 49.4 Å². The summed E-state index contributed by atoms with van der Waals surface area (Å²) in [6, 6.07) is 4.85. The third-order valence-electron chi connectivity index (χ3n) is 6.79.